The zero-order valence-corrected chi connectivity index (χ0v) is 19.2. The highest BCUT2D eigenvalue weighted by atomic mass is 16.5. The lowest BCUT2D eigenvalue weighted by Gasteiger charge is -2.63. The predicted molar refractivity (Wildman–Crippen MR) is 114 cm³/mol. The first-order valence-corrected chi connectivity index (χ1v) is 12.2. The van der Waals surface area contributed by atoms with E-state index in [2.05, 4.69) is 20.8 Å². The van der Waals surface area contributed by atoms with E-state index in [1.54, 1.807) is 0 Å². The van der Waals surface area contributed by atoms with Crippen molar-refractivity contribution in [2.24, 2.45) is 46.3 Å². The Kier molecular flexibility index (Phi) is 6.04. The van der Waals surface area contributed by atoms with Crippen LogP contribution >= 0.6 is 0 Å². The number of esters is 1. The van der Waals surface area contributed by atoms with Gasteiger partial charge in [0.05, 0.1) is 25.4 Å². The molecule has 0 aromatic carbocycles. The summed E-state index contributed by atoms with van der Waals surface area (Å²) in [6.07, 6.45) is 6.60. The zero-order chi connectivity index (χ0) is 21.8. The molecule has 0 aliphatic heterocycles. The minimum Gasteiger partial charge on any atom is -0.469 e. The molecule has 30 heavy (non-hydrogen) atoms. The van der Waals surface area contributed by atoms with Crippen molar-refractivity contribution in [3.63, 3.8) is 0 Å². The molecule has 0 radical (unpaired) electrons. The van der Waals surface area contributed by atoms with Gasteiger partial charge in [0, 0.05) is 6.42 Å². The molecule has 0 bridgehead atoms. The number of carbonyl (C=O) groups excluding carboxylic acids is 1. The Bertz CT molecular complexity index is 651. The summed E-state index contributed by atoms with van der Waals surface area (Å²) < 4.78 is 4.83. The maximum Gasteiger partial charge on any atom is 0.305 e. The van der Waals surface area contributed by atoms with E-state index in [-0.39, 0.29) is 41.0 Å². The Morgan fingerprint density at radius 2 is 1.80 bits per heavy atom. The molecule has 11 atom stereocenters. The third kappa shape index (κ3) is 3.34. The zero-order valence-electron chi connectivity index (χ0n) is 19.2. The fourth-order valence-electron chi connectivity index (χ4n) is 8.78. The van der Waals surface area contributed by atoms with Gasteiger partial charge in [0.25, 0.3) is 0 Å². The maximum atomic E-state index is 11.7. The van der Waals surface area contributed by atoms with Crippen LogP contribution in [-0.2, 0) is 9.53 Å². The normalized spacial score (nSPS) is 51.4. The van der Waals surface area contributed by atoms with E-state index < -0.39 is 0 Å². The third-order valence-electron chi connectivity index (χ3n) is 10.6. The average molecular weight is 423 g/mol. The smallest absolute Gasteiger partial charge is 0.305 e. The number of methoxy groups -OCH3 is 1. The second-order valence-electron chi connectivity index (χ2n) is 11.6. The van der Waals surface area contributed by atoms with Crippen molar-refractivity contribution in [3.05, 3.63) is 0 Å². The molecule has 4 aliphatic rings. The van der Waals surface area contributed by atoms with Crippen LogP contribution in [0.3, 0.4) is 0 Å². The van der Waals surface area contributed by atoms with Crippen molar-refractivity contribution < 1.29 is 24.9 Å². The summed E-state index contributed by atoms with van der Waals surface area (Å²) in [6.45, 7) is 6.85. The topological polar surface area (TPSA) is 87.0 Å². The average Bonchev–Trinajstić information content (AvgIpc) is 3.06. The number of aliphatic hydroxyl groups is 3. The minimum atomic E-state index is -0.369. The standard InChI is InChI=1S/C25H42O5/c1-14(5-8-22(29)30-4)17-6-7-18-23-19(13-21(28)25(17,18)3)24(2)10-9-16(26)11-15(24)12-20(23)27/h14-21,23,26-28H,5-13H2,1-4H3/t14?,15-,16+,17?,18+,19?,20?,21?,23?,24?,25?/m1/s1. The predicted octanol–water partition coefficient (Wildman–Crippen LogP) is 3.54. The minimum absolute atomic E-state index is 0.111. The number of hydrogen-bond donors (Lipinski definition) is 3. The molecule has 0 spiro atoms. The first kappa shape index (κ1) is 22.5. The summed E-state index contributed by atoms with van der Waals surface area (Å²) >= 11 is 0. The van der Waals surface area contributed by atoms with Gasteiger partial charge in [0.2, 0.25) is 0 Å². The molecule has 5 heteroatoms. The monoisotopic (exact) mass is 422 g/mol. The van der Waals surface area contributed by atoms with Gasteiger partial charge in [-0.3, -0.25) is 4.79 Å². The molecule has 3 N–H and O–H groups in total. The number of aliphatic hydroxyl groups excluding tert-OH is 3. The molecule has 0 aromatic heterocycles. The van der Waals surface area contributed by atoms with Crippen molar-refractivity contribution in [1.29, 1.82) is 0 Å². The molecule has 4 rings (SSSR count). The summed E-state index contributed by atoms with van der Waals surface area (Å²) in [6, 6.07) is 0. The lowest BCUT2D eigenvalue weighted by atomic mass is 9.43. The van der Waals surface area contributed by atoms with E-state index in [0.29, 0.717) is 36.0 Å². The van der Waals surface area contributed by atoms with Crippen LogP contribution in [0.5, 0.6) is 0 Å². The van der Waals surface area contributed by atoms with Crippen molar-refractivity contribution in [1.82, 2.24) is 0 Å². The summed E-state index contributed by atoms with van der Waals surface area (Å²) in [5.41, 5.74) is -0.0882. The van der Waals surface area contributed by atoms with Crippen molar-refractivity contribution in [3.8, 4) is 0 Å². The Labute approximate surface area is 181 Å². The van der Waals surface area contributed by atoms with Gasteiger partial charge < -0.3 is 20.1 Å². The summed E-state index contributed by atoms with van der Waals surface area (Å²) in [7, 11) is 1.44. The SMILES string of the molecule is COC(=O)CCC(C)C1CC[C@H]2C3C(O)C[C@H]4C[C@@H](O)CCC4(C)C3CC(O)C12C. The molecule has 0 saturated heterocycles. The fourth-order valence-corrected chi connectivity index (χ4v) is 8.78. The van der Waals surface area contributed by atoms with Gasteiger partial charge in [-0.05, 0) is 97.7 Å². The van der Waals surface area contributed by atoms with Gasteiger partial charge in [-0.2, -0.15) is 0 Å². The van der Waals surface area contributed by atoms with Crippen molar-refractivity contribution >= 4 is 5.97 Å². The molecule has 4 saturated carbocycles. The molecule has 4 fully saturated rings. The Balaban J connectivity index is 1.58. The van der Waals surface area contributed by atoms with Gasteiger partial charge >= 0.3 is 5.97 Å². The number of hydrogen-bond acceptors (Lipinski definition) is 5. The van der Waals surface area contributed by atoms with Gasteiger partial charge in [-0.15, -0.1) is 0 Å². The first-order valence-electron chi connectivity index (χ1n) is 12.2. The molecule has 0 amide bonds. The second kappa shape index (κ2) is 8.04. The van der Waals surface area contributed by atoms with Crippen LogP contribution in [0.1, 0.15) is 78.6 Å². The summed E-state index contributed by atoms with van der Waals surface area (Å²) in [5, 5.41) is 33.1. The number of rotatable bonds is 4. The van der Waals surface area contributed by atoms with E-state index >= 15 is 0 Å². The van der Waals surface area contributed by atoms with Gasteiger partial charge in [0.1, 0.15) is 0 Å². The summed E-state index contributed by atoms with van der Waals surface area (Å²) in [5.74, 6) is 1.81. The van der Waals surface area contributed by atoms with Crippen LogP contribution in [0.25, 0.3) is 0 Å². The van der Waals surface area contributed by atoms with Crippen LogP contribution in [0.4, 0.5) is 0 Å². The fraction of sp³-hybridized carbons (Fsp3) is 0.960. The molecule has 5 nitrogen and oxygen atoms in total. The lowest BCUT2D eigenvalue weighted by molar-refractivity contribution is -0.207. The van der Waals surface area contributed by atoms with E-state index in [1.807, 2.05) is 0 Å². The lowest BCUT2D eigenvalue weighted by Crippen LogP contribution is -2.62. The Hall–Kier alpha value is -0.650. The highest BCUT2D eigenvalue weighted by Gasteiger charge is 2.65. The molecular weight excluding hydrogens is 380 g/mol. The first-order chi connectivity index (χ1) is 14.1. The Morgan fingerprint density at radius 3 is 2.50 bits per heavy atom. The van der Waals surface area contributed by atoms with E-state index in [1.165, 1.54) is 7.11 Å². The number of carbonyl (C=O) groups is 1. The van der Waals surface area contributed by atoms with Crippen LogP contribution in [0, 0.1) is 46.3 Å². The van der Waals surface area contributed by atoms with Crippen LogP contribution in [0.2, 0.25) is 0 Å². The molecule has 8 unspecified atom stereocenters. The van der Waals surface area contributed by atoms with E-state index in [0.717, 1.165) is 51.4 Å². The van der Waals surface area contributed by atoms with E-state index in [4.69, 9.17) is 4.74 Å². The van der Waals surface area contributed by atoms with Crippen LogP contribution < -0.4 is 0 Å². The largest absolute Gasteiger partial charge is 0.469 e. The van der Waals surface area contributed by atoms with Crippen molar-refractivity contribution in [2.45, 2.75) is 96.9 Å². The number of fused-ring (bicyclic) bond motifs is 5. The maximum absolute atomic E-state index is 11.7. The molecule has 172 valence electrons. The quantitative estimate of drug-likeness (QED) is 0.603. The van der Waals surface area contributed by atoms with E-state index in [9.17, 15) is 20.1 Å². The number of ether oxygens (including phenoxy) is 1. The molecule has 4 aliphatic carbocycles. The van der Waals surface area contributed by atoms with Gasteiger partial charge in [0.15, 0.2) is 0 Å². The molecule has 0 aromatic rings. The van der Waals surface area contributed by atoms with Crippen LogP contribution in [0.15, 0.2) is 0 Å². The van der Waals surface area contributed by atoms with Gasteiger partial charge in [-0.25, -0.2) is 0 Å². The molecule has 0 heterocycles. The highest BCUT2D eigenvalue weighted by Crippen LogP contribution is 2.68. The van der Waals surface area contributed by atoms with Crippen molar-refractivity contribution in [2.75, 3.05) is 7.11 Å². The Morgan fingerprint density at radius 1 is 1.07 bits per heavy atom. The van der Waals surface area contributed by atoms with Crippen LogP contribution in [-0.4, -0.2) is 46.7 Å². The third-order valence-corrected chi connectivity index (χ3v) is 10.6. The second-order valence-corrected chi connectivity index (χ2v) is 11.6. The molecular formula is C25H42O5. The highest BCUT2D eigenvalue weighted by molar-refractivity contribution is 5.69. The van der Waals surface area contributed by atoms with Gasteiger partial charge in [-0.1, -0.05) is 20.8 Å². The summed E-state index contributed by atoms with van der Waals surface area (Å²) in [4.78, 5) is 11.7.